The normalized spacial score (nSPS) is 17.3. The number of rotatable bonds is 5. The molecule has 1 aliphatic heterocycles. The predicted octanol–water partition coefficient (Wildman–Crippen LogP) is 0.666. The molecule has 2 aromatic rings. The minimum Gasteiger partial charge on any atom is -0.355 e. The second-order valence-electron chi connectivity index (χ2n) is 5.73. The standard InChI is InChI=1S/C16H18FN5O2/c1-21-14(19-10-20-21)5-6-18-16(24)11-7-15(23)22(9-11)13-4-2-3-12(17)8-13/h2-4,8,10-11H,5-7,9H2,1H3,(H,18,24)/t11-/m1/s1. The monoisotopic (exact) mass is 331 g/mol. The topological polar surface area (TPSA) is 80.1 Å². The Morgan fingerprint density at radius 2 is 2.29 bits per heavy atom. The van der Waals surface area contributed by atoms with Gasteiger partial charge < -0.3 is 10.2 Å². The highest BCUT2D eigenvalue weighted by atomic mass is 19.1. The summed E-state index contributed by atoms with van der Waals surface area (Å²) in [6.07, 6.45) is 2.16. The minimum atomic E-state index is -0.430. The van der Waals surface area contributed by atoms with Crippen LogP contribution in [0.1, 0.15) is 12.2 Å². The van der Waals surface area contributed by atoms with Crippen molar-refractivity contribution < 1.29 is 14.0 Å². The Bertz CT molecular complexity index is 760. The maximum absolute atomic E-state index is 13.3. The van der Waals surface area contributed by atoms with Crippen LogP contribution in [0, 0.1) is 11.7 Å². The number of anilines is 1. The zero-order chi connectivity index (χ0) is 17.1. The second-order valence-corrected chi connectivity index (χ2v) is 5.73. The van der Waals surface area contributed by atoms with Crippen molar-refractivity contribution in [1.82, 2.24) is 20.1 Å². The largest absolute Gasteiger partial charge is 0.355 e. The first kappa shape index (κ1) is 16.1. The first-order chi connectivity index (χ1) is 11.5. The van der Waals surface area contributed by atoms with Crippen molar-refractivity contribution in [3.8, 4) is 0 Å². The molecule has 3 rings (SSSR count). The van der Waals surface area contributed by atoms with E-state index >= 15 is 0 Å². The van der Waals surface area contributed by atoms with E-state index in [9.17, 15) is 14.0 Å². The molecule has 1 N–H and O–H groups in total. The fraction of sp³-hybridized carbons (Fsp3) is 0.375. The Balaban J connectivity index is 1.55. The summed E-state index contributed by atoms with van der Waals surface area (Å²) in [5.74, 6) is -0.408. The third-order valence-corrected chi connectivity index (χ3v) is 4.07. The lowest BCUT2D eigenvalue weighted by molar-refractivity contribution is -0.126. The molecule has 1 aromatic heterocycles. The SMILES string of the molecule is Cn1ncnc1CCNC(=O)[C@@H]1CC(=O)N(c2cccc(F)c2)C1. The Morgan fingerprint density at radius 3 is 3.00 bits per heavy atom. The third kappa shape index (κ3) is 3.42. The van der Waals surface area contributed by atoms with Crippen LogP contribution >= 0.6 is 0 Å². The summed E-state index contributed by atoms with van der Waals surface area (Å²) < 4.78 is 15.0. The smallest absolute Gasteiger partial charge is 0.227 e. The summed E-state index contributed by atoms with van der Waals surface area (Å²) in [4.78, 5) is 29.9. The molecule has 0 unspecified atom stereocenters. The van der Waals surface area contributed by atoms with Crippen molar-refractivity contribution in [2.24, 2.45) is 13.0 Å². The van der Waals surface area contributed by atoms with Gasteiger partial charge in [0.1, 0.15) is 18.0 Å². The van der Waals surface area contributed by atoms with Gasteiger partial charge in [-0.25, -0.2) is 9.37 Å². The molecular formula is C16H18FN5O2. The quantitative estimate of drug-likeness (QED) is 0.873. The molecule has 126 valence electrons. The number of carbonyl (C=O) groups excluding carboxylic acids is 2. The lowest BCUT2D eigenvalue weighted by atomic mass is 10.1. The van der Waals surface area contributed by atoms with Gasteiger partial charge in [-0.2, -0.15) is 5.10 Å². The number of aromatic nitrogens is 3. The summed E-state index contributed by atoms with van der Waals surface area (Å²) >= 11 is 0. The molecule has 2 heterocycles. The third-order valence-electron chi connectivity index (χ3n) is 4.07. The van der Waals surface area contributed by atoms with E-state index in [0.717, 1.165) is 5.82 Å². The maximum Gasteiger partial charge on any atom is 0.227 e. The van der Waals surface area contributed by atoms with Crippen LogP contribution in [0.2, 0.25) is 0 Å². The van der Waals surface area contributed by atoms with Crippen molar-refractivity contribution in [3.05, 3.63) is 42.2 Å². The summed E-state index contributed by atoms with van der Waals surface area (Å²) in [5.41, 5.74) is 0.481. The molecule has 1 saturated heterocycles. The molecular weight excluding hydrogens is 313 g/mol. The van der Waals surface area contributed by atoms with Gasteiger partial charge in [0.2, 0.25) is 11.8 Å². The molecule has 0 radical (unpaired) electrons. The van der Waals surface area contributed by atoms with E-state index in [4.69, 9.17) is 0 Å². The van der Waals surface area contributed by atoms with E-state index in [1.165, 1.54) is 23.4 Å². The Kier molecular flexibility index (Phi) is 4.54. The van der Waals surface area contributed by atoms with Crippen LogP contribution in [0.4, 0.5) is 10.1 Å². The summed E-state index contributed by atoms with van der Waals surface area (Å²) in [6.45, 7) is 0.689. The Hall–Kier alpha value is -2.77. The van der Waals surface area contributed by atoms with E-state index in [-0.39, 0.29) is 24.8 Å². The first-order valence-electron chi connectivity index (χ1n) is 7.71. The predicted molar refractivity (Wildman–Crippen MR) is 84.6 cm³/mol. The summed E-state index contributed by atoms with van der Waals surface area (Å²) in [7, 11) is 1.79. The highest BCUT2D eigenvalue weighted by Gasteiger charge is 2.35. The van der Waals surface area contributed by atoms with Gasteiger partial charge in [-0.05, 0) is 18.2 Å². The fourth-order valence-electron chi connectivity index (χ4n) is 2.77. The lowest BCUT2D eigenvalue weighted by Gasteiger charge is -2.16. The molecule has 0 spiro atoms. The summed E-state index contributed by atoms with van der Waals surface area (Å²) in [5, 5.41) is 6.78. The zero-order valence-corrected chi connectivity index (χ0v) is 13.3. The second kappa shape index (κ2) is 6.77. The van der Waals surface area contributed by atoms with Crippen molar-refractivity contribution in [1.29, 1.82) is 0 Å². The van der Waals surface area contributed by atoms with Crippen LogP contribution < -0.4 is 10.2 Å². The maximum atomic E-state index is 13.3. The summed E-state index contributed by atoms with van der Waals surface area (Å²) in [6, 6.07) is 5.83. The number of amides is 2. The molecule has 1 aromatic carbocycles. The number of hydrogen-bond donors (Lipinski definition) is 1. The Morgan fingerprint density at radius 1 is 1.46 bits per heavy atom. The lowest BCUT2D eigenvalue weighted by Crippen LogP contribution is -2.34. The van der Waals surface area contributed by atoms with Gasteiger partial charge >= 0.3 is 0 Å². The van der Waals surface area contributed by atoms with E-state index in [1.807, 2.05) is 0 Å². The van der Waals surface area contributed by atoms with E-state index in [2.05, 4.69) is 15.4 Å². The highest BCUT2D eigenvalue weighted by Crippen LogP contribution is 2.25. The molecule has 1 atom stereocenters. The van der Waals surface area contributed by atoms with Gasteiger partial charge in [0.25, 0.3) is 0 Å². The van der Waals surface area contributed by atoms with Gasteiger partial charge in [0.05, 0.1) is 5.92 Å². The van der Waals surface area contributed by atoms with Crippen LogP contribution in [0.3, 0.4) is 0 Å². The molecule has 0 saturated carbocycles. The Labute approximate surface area is 138 Å². The first-order valence-corrected chi connectivity index (χ1v) is 7.71. The molecule has 1 fully saturated rings. The van der Waals surface area contributed by atoms with Crippen LogP contribution in [0.5, 0.6) is 0 Å². The van der Waals surface area contributed by atoms with Crippen molar-refractivity contribution in [2.75, 3.05) is 18.0 Å². The number of hydrogen-bond acceptors (Lipinski definition) is 4. The number of aryl methyl sites for hydroxylation is 1. The fourth-order valence-corrected chi connectivity index (χ4v) is 2.77. The van der Waals surface area contributed by atoms with Crippen molar-refractivity contribution >= 4 is 17.5 Å². The van der Waals surface area contributed by atoms with Crippen LogP contribution in [0.15, 0.2) is 30.6 Å². The van der Waals surface area contributed by atoms with Crippen molar-refractivity contribution in [3.63, 3.8) is 0 Å². The number of benzene rings is 1. The van der Waals surface area contributed by atoms with Crippen LogP contribution in [0.25, 0.3) is 0 Å². The van der Waals surface area contributed by atoms with E-state index < -0.39 is 11.7 Å². The molecule has 1 aliphatic rings. The number of carbonyl (C=O) groups is 2. The van der Waals surface area contributed by atoms with Crippen LogP contribution in [-0.4, -0.2) is 39.7 Å². The minimum absolute atomic E-state index is 0.131. The highest BCUT2D eigenvalue weighted by molar-refractivity contribution is 6.00. The van der Waals surface area contributed by atoms with Gasteiger partial charge in [-0.15, -0.1) is 0 Å². The van der Waals surface area contributed by atoms with Gasteiger partial charge in [0.15, 0.2) is 0 Å². The average Bonchev–Trinajstić information content (AvgIpc) is 3.13. The molecule has 8 heteroatoms. The van der Waals surface area contributed by atoms with E-state index in [0.29, 0.717) is 18.7 Å². The van der Waals surface area contributed by atoms with Gasteiger partial charge in [0, 0.05) is 38.7 Å². The van der Waals surface area contributed by atoms with Crippen LogP contribution in [-0.2, 0) is 23.1 Å². The average molecular weight is 331 g/mol. The molecule has 2 amide bonds. The number of nitrogens with zero attached hydrogens (tertiary/aromatic N) is 4. The molecule has 24 heavy (non-hydrogen) atoms. The van der Waals surface area contributed by atoms with Crippen molar-refractivity contribution in [2.45, 2.75) is 12.8 Å². The molecule has 7 nitrogen and oxygen atoms in total. The van der Waals surface area contributed by atoms with E-state index in [1.54, 1.807) is 23.9 Å². The van der Waals surface area contributed by atoms with Gasteiger partial charge in [-0.3, -0.25) is 14.3 Å². The molecule has 0 bridgehead atoms. The van der Waals surface area contributed by atoms with Gasteiger partial charge in [-0.1, -0.05) is 6.07 Å². The zero-order valence-electron chi connectivity index (χ0n) is 13.3. The molecule has 0 aliphatic carbocycles. The number of halogens is 1. The number of nitrogens with one attached hydrogen (secondary N) is 1.